The predicted molar refractivity (Wildman–Crippen MR) is 74.5 cm³/mol. The first-order chi connectivity index (χ1) is 9.26. The van der Waals surface area contributed by atoms with Crippen molar-refractivity contribution < 1.29 is 9.53 Å². The molecule has 1 aromatic heterocycles. The van der Waals surface area contributed by atoms with E-state index in [0.717, 1.165) is 18.9 Å². The molecular formula is C14H21N3O2. The molecule has 1 saturated heterocycles. The lowest BCUT2D eigenvalue weighted by molar-refractivity contribution is 0.0526. The zero-order chi connectivity index (χ0) is 13.7. The Bertz CT molecular complexity index is 419. The van der Waals surface area contributed by atoms with Crippen molar-refractivity contribution in [1.29, 1.82) is 0 Å². The number of carbonyl (C=O) groups excluding carboxylic acids is 1. The third-order valence-electron chi connectivity index (χ3n) is 3.37. The number of nitrogens with zero attached hydrogens (tertiary/aromatic N) is 2. The molecule has 1 N–H and O–H groups in total. The summed E-state index contributed by atoms with van der Waals surface area (Å²) >= 11 is 0. The first-order valence-electron chi connectivity index (χ1n) is 6.80. The van der Waals surface area contributed by atoms with E-state index in [-0.39, 0.29) is 5.97 Å². The Kier molecular flexibility index (Phi) is 4.74. The fourth-order valence-corrected chi connectivity index (χ4v) is 2.48. The maximum absolute atomic E-state index is 11.6. The number of hydrogen-bond acceptors (Lipinski definition) is 5. The van der Waals surface area contributed by atoms with Gasteiger partial charge in [0, 0.05) is 25.3 Å². The maximum Gasteiger partial charge on any atom is 0.339 e. The highest BCUT2D eigenvalue weighted by Gasteiger charge is 2.24. The Morgan fingerprint density at radius 3 is 3.05 bits per heavy atom. The number of anilines is 1. The van der Waals surface area contributed by atoms with E-state index in [1.807, 2.05) is 13.1 Å². The van der Waals surface area contributed by atoms with Crippen LogP contribution in [0.15, 0.2) is 18.3 Å². The number of nitrogens with one attached hydrogen (secondary N) is 1. The summed E-state index contributed by atoms with van der Waals surface area (Å²) in [5, 5.41) is 3.21. The van der Waals surface area contributed by atoms with Crippen LogP contribution >= 0.6 is 0 Å². The summed E-state index contributed by atoms with van der Waals surface area (Å²) in [7, 11) is 1.97. The lowest BCUT2D eigenvalue weighted by atomic mass is 10.2. The van der Waals surface area contributed by atoms with E-state index in [0.29, 0.717) is 18.2 Å². The molecule has 1 fully saturated rings. The van der Waals surface area contributed by atoms with Crippen LogP contribution in [0.1, 0.15) is 30.1 Å². The van der Waals surface area contributed by atoms with Crippen LogP contribution in [-0.4, -0.2) is 43.7 Å². The monoisotopic (exact) mass is 263 g/mol. The Morgan fingerprint density at radius 2 is 2.42 bits per heavy atom. The molecule has 1 atom stereocenters. The number of carbonyl (C=O) groups is 1. The van der Waals surface area contributed by atoms with Crippen LogP contribution in [0.5, 0.6) is 0 Å². The van der Waals surface area contributed by atoms with Crippen molar-refractivity contribution in [1.82, 2.24) is 10.3 Å². The molecule has 1 aromatic rings. The highest BCUT2D eigenvalue weighted by atomic mass is 16.5. The Labute approximate surface area is 114 Å². The van der Waals surface area contributed by atoms with E-state index in [1.54, 1.807) is 19.2 Å². The summed E-state index contributed by atoms with van der Waals surface area (Å²) in [4.78, 5) is 18.2. The van der Waals surface area contributed by atoms with Gasteiger partial charge in [0.2, 0.25) is 0 Å². The third-order valence-corrected chi connectivity index (χ3v) is 3.37. The SMILES string of the molecule is CCOC(=O)c1ccc(N2CCCC2CNC)nc1. The topological polar surface area (TPSA) is 54.5 Å². The second-order valence-corrected chi connectivity index (χ2v) is 4.67. The van der Waals surface area contributed by atoms with Crippen molar-refractivity contribution in [3.05, 3.63) is 23.9 Å². The molecule has 0 amide bonds. The lowest BCUT2D eigenvalue weighted by Gasteiger charge is -2.25. The lowest BCUT2D eigenvalue weighted by Crippen LogP contribution is -2.37. The number of rotatable bonds is 5. The van der Waals surface area contributed by atoms with Crippen molar-refractivity contribution in [2.24, 2.45) is 0 Å². The average Bonchev–Trinajstić information content (AvgIpc) is 2.88. The zero-order valence-corrected chi connectivity index (χ0v) is 11.6. The first-order valence-corrected chi connectivity index (χ1v) is 6.80. The molecule has 5 nitrogen and oxygen atoms in total. The molecule has 0 aromatic carbocycles. The molecule has 2 rings (SSSR count). The van der Waals surface area contributed by atoms with Crippen LogP contribution in [0.25, 0.3) is 0 Å². The summed E-state index contributed by atoms with van der Waals surface area (Å²) in [6.45, 7) is 4.17. The number of esters is 1. The quantitative estimate of drug-likeness (QED) is 0.815. The molecular weight excluding hydrogens is 242 g/mol. The van der Waals surface area contributed by atoms with Crippen LogP contribution in [-0.2, 0) is 4.74 Å². The van der Waals surface area contributed by atoms with Gasteiger partial charge in [-0.2, -0.15) is 0 Å². The largest absolute Gasteiger partial charge is 0.462 e. The number of likely N-dealkylation sites (N-methyl/N-ethyl adjacent to an activating group) is 1. The van der Waals surface area contributed by atoms with Crippen molar-refractivity contribution in [3.63, 3.8) is 0 Å². The minimum absolute atomic E-state index is 0.310. The molecule has 1 unspecified atom stereocenters. The highest BCUT2D eigenvalue weighted by molar-refractivity contribution is 5.89. The van der Waals surface area contributed by atoms with Gasteiger partial charge in [-0.3, -0.25) is 0 Å². The fourth-order valence-electron chi connectivity index (χ4n) is 2.48. The van der Waals surface area contributed by atoms with Gasteiger partial charge in [0.25, 0.3) is 0 Å². The van der Waals surface area contributed by atoms with Gasteiger partial charge in [-0.15, -0.1) is 0 Å². The van der Waals surface area contributed by atoms with Crippen molar-refractivity contribution in [2.75, 3.05) is 31.6 Å². The number of aromatic nitrogens is 1. The molecule has 0 radical (unpaired) electrons. The molecule has 5 heteroatoms. The summed E-state index contributed by atoms with van der Waals surface area (Å²) in [6, 6.07) is 4.18. The molecule has 1 aliphatic rings. The molecule has 0 aliphatic carbocycles. The van der Waals surface area contributed by atoms with Crippen LogP contribution in [0.3, 0.4) is 0 Å². The van der Waals surface area contributed by atoms with E-state index in [4.69, 9.17) is 4.74 Å². The van der Waals surface area contributed by atoms with Gasteiger partial charge < -0.3 is 15.0 Å². The van der Waals surface area contributed by atoms with Crippen molar-refractivity contribution >= 4 is 11.8 Å². The summed E-state index contributed by atoms with van der Waals surface area (Å²) < 4.78 is 4.95. The van der Waals surface area contributed by atoms with Gasteiger partial charge in [-0.05, 0) is 38.9 Å². The molecule has 1 aliphatic heterocycles. The van der Waals surface area contributed by atoms with Crippen LogP contribution in [0.4, 0.5) is 5.82 Å². The van der Waals surface area contributed by atoms with Gasteiger partial charge in [0.1, 0.15) is 5.82 Å². The second-order valence-electron chi connectivity index (χ2n) is 4.67. The molecule has 2 heterocycles. The fraction of sp³-hybridized carbons (Fsp3) is 0.571. The second kappa shape index (κ2) is 6.52. The Morgan fingerprint density at radius 1 is 1.58 bits per heavy atom. The summed E-state index contributed by atoms with van der Waals surface area (Å²) in [5.74, 6) is 0.626. The summed E-state index contributed by atoms with van der Waals surface area (Å²) in [5.41, 5.74) is 0.509. The van der Waals surface area contributed by atoms with E-state index >= 15 is 0 Å². The van der Waals surface area contributed by atoms with Gasteiger partial charge >= 0.3 is 5.97 Å². The van der Waals surface area contributed by atoms with Gasteiger partial charge in [0.05, 0.1) is 12.2 Å². The Hall–Kier alpha value is -1.62. The number of hydrogen-bond donors (Lipinski definition) is 1. The minimum Gasteiger partial charge on any atom is -0.462 e. The number of pyridine rings is 1. The normalized spacial score (nSPS) is 18.6. The highest BCUT2D eigenvalue weighted by Crippen LogP contribution is 2.23. The average molecular weight is 263 g/mol. The third kappa shape index (κ3) is 3.23. The summed E-state index contributed by atoms with van der Waals surface area (Å²) in [6.07, 6.45) is 3.97. The van der Waals surface area contributed by atoms with Crippen LogP contribution in [0.2, 0.25) is 0 Å². The molecule has 104 valence electrons. The smallest absolute Gasteiger partial charge is 0.339 e. The van der Waals surface area contributed by atoms with Crippen LogP contribution < -0.4 is 10.2 Å². The van der Waals surface area contributed by atoms with Gasteiger partial charge in [0.15, 0.2) is 0 Å². The standard InChI is InChI=1S/C14H21N3O2/c1-3-19-14(18)11-6-7-13(16-9-11)17-8-4-5-12(17)10-15-2/h6-7,9,12,15H,3-5,8,10H2,1-2H3. The van der Waals surface area contributed by atoms with E-state index in [9.17, 15) is 4.79 Å². The maximum atomic E-state index is 11.6. The molecule has 19 heavy (non-hydrogen) atoms. The predicted octanol–water partition coefficient (Wildman–Crippen LogP) is 1.45. The van der Waals surface area contributed by atoms with Crippen LogP contribution in [0, 0.1) is 0 Å². The number of ether oxygens (including phenoxy) is 1. The van der Waals surface area contributed by atoms with Gasteiger partial charge in [-0.25, -0.2) is 9.78 Å². The first kappa shape index (κ1) is 13.8. The van der Waals surface area contributed by atoms with E-state index in [2.05, 4.69) is 15.2 Å². The van der Waals surface area contributed by atoms with Crippen molar-refractivity contribution in [3.8, 4) is 0 Å². The molecule has 0 bridgehead atoms. The Balaban J connectivity index is 2.07. The van der Waals surface area contributed by atoms with Crippen molar-refractivity contribution in [2.45, 2.75) is 25.8 Å². The molecule has 0 spiro atoms. The zero-order valence-electron chi connectivity index (χ0n) is 11.6. The van der Waals surface area contributed by atoms with E-state index in [1.165, 1.54) is 12.8 Å². The minimum atomic E-state index is -0.310. The van der Waals surface area contributed by atoms with Gasteiger partial charge in [-0.1, -0.05) is 0 Å². The molecule has 0 saturated carbocycles. The van der Waals surface area contributed by atoms with E-state index < -0.39 is 0 Å².